The van der Waals surface area contributed by atoms with Crippen LogP contribution in [0.4, 0.5) is 4.39 Å². The fraction of sp³-hybridized carbons (Fsp3) is 0.294. The third-order valence-electron chi connectivity index (χ3n) is 3.36. The van der Waals surface area contributed by atoms with Gasteiger partial charge in [-0.05, 0) is 43.1 Å². The van der Waals surface area contributed by atoms with Gasteiger partial charge in [-0.3, -0.25) is 0 Å². The number of hydrogen-bond donors (Lipinski definition) is 1. The molecule has 0 amide bonds. The second kappa shape index (κ2) is 6.87. The summed E-state index contributed by atoms with van der Waals surface area (Å²) in [4.78, 5) is 0. The number of nitrogens with one attached hydrogen (secondary N) is 1. The highest BCUT2D eigenvalue weighted by atomic mass is 35.5. The van der Waals surface area contributed by atoms with E-state index in [9.17, 15) is 4.39 Å². The predicted molar refractivity (Wildman–Crippen MR) is 82.7 cm³/mol. The van der Waals surface area contributed by atoms with Crippen molar-refractivity contribution >= 4 is 11.6 Å². The maximum atomic E-state index is 14.2. The fourth-order valence-electron chi connectivity index (χ4n) is 2.34. The number of rotatable bonds is 5. The van der Waals surface area contributed by atoms with E-state index >= 15 is 0 Å². The molecule has 0 bridgehead atoms. The van der Waals surface area contributed by atoms with Gasteiger partial charge in [-0.15, -0.1) is 0 Å². The summed E-state index contributed by atoms with van der Waals surface area (Å²) in [6.07, 6.45) is 0.674. The molecule has 0 aromatic heterocycles. The van der Waals surface area contributed by atoms with Crippen molar-refractivity contribution in [2.75, 3.05) is 6.54 Å². The molecule has 106 valence electrons. The highest BCUT2D eigenvalue weighted by Gasteiger charge is 2.16. The van der Waals surface area contributed by atoms with Crippen LogP contribution in [0, 0.1) is 12.7 Å². The van der Waals surface area contributed by atoms with E-state index in [1.165, 1.54) is 0 Å². The van der Waals surface area contributed by atoms with E-state index in [1.54, 1.807) is 6.07 Å². The maximum Gasteiger partial charge on any atom is 0.128 e. The van der Waals surface area contributed by atoms with Crippen molar-refractivity contribution < 1.29 is 4.39 Å². The Kier molecular flexibility index (Phi) is 5.16. The molecule has 0 spiro atoms. The summed E-state index contributed by atoms with van der Waals surface area (Å²) in [7, 11) is 0. The van der Waals surface area contributed by atoms with Crippen LogP contribution in [0.5, 0.6) is 0 Å². The van der Waals surface area contributed by atoms with Crippen LogP contribution in [0.15, 0.2) is 42.5 Å². The Hall–Kier alpha value is -1.38. The van der Waals surface area contributed by atoms with Crippen LogP contribution in [-0.2, 0) is 6.42 Å². The van der Waals surface area contributed by atoms with Gasteiger partial charge in [0.25, 0.3) is 0 Å². The Morgan fingerprint density at radius 3 is 2.60 bits per heavy atom. The molecule has 0 saturated carbocycles. The van der Waals surface area contributed by atoms with Crippen LogP contribution in [0.25, 0.3) is 0 Å². The Labute approximate surface area is 124 Å². The predicted octanol–water partition coefficient (Wildman–Crippen LogP) is 4.68. The van der Waals surface area contributed by atoms with E-state index in [-0.39, 0.29) is 11.9 Å². The van der Waals surface area contributed by atoms with Gasteiger partial charge < -0.3 is 5.32 Å². The van der Waals surface area contributed by atoms with E-state index in [2.05, 4.69) is 5.32 Å². The van der Waals surface area contributed by atoms with Crippen LogP contribution >= 0.6 is 11.6 Å². The molecule has 1 unspecified atom stereocenters. The Bertz CT molecular complexity index is 583. The third-order valence-corrected chi connectivity index (χ3v) is 3.73. The van der Waals surface area contributed by atoms with Crippen molar-refractivity contribution in [2.24, 2.45) is 0 Å². The molecule has 0 aliphatic heterocycles. The molecule has 1 N–H and O–H groups in total. The normalized spacial score (nSPS) is 12.4. The Morgan fingerprint density at radius 2 is 1.95 bits per heavy atom. The topological polar surface area (TPSA) is 12.0 Å². The highest BCUT2D eigenvalue weighted by molar-refractivity contribution is 6.31. The summed E-state index contributed by atoms with van der Waals surface area (Å²) in [5.74, 6) is -0.164. The first kappa shape index (κ1) is 15.0. The van der Waals surface area contributed by atoms with E-state index in [0.29, 0.717) is 12.0 Å². The van der Waals surface area contributed by atoms with Crippen LogP contribution in [0.2, 0.25) is 5.02 Å². The fourth-order valence-corrected chi connectivity index (χ4v) is 2.55. The van der Waals surface area contributed by atoms with E-state index in [4.69, 9.17) is 11.6 Å². The molecule has 2 aromatic carbocycles. The monoisotopic (exact) mass is 291 g/mol. The summed E-state index contributed by atoms with van der Waals surface area (Å²) < 4.78 is 14.2. The molecule has 0 fully saturated rings. The van der Waals surface area contributed by atoms with Crippen molar-refractivity contribution in [3.63, 3.8) is 0 Å². The number of halogens is 2. The summed E-state index contributed by atoms with van der Waals surface area (Å²) >= 11 is 6.20. The molecular formula is C17H19ClFN. The van der Waals surface area contributed by atoms with Crippen molar-refractivity contribution in [3.05, 3.63) is 70.0 Å². The van der Waals surface area contributed by atoms with Crippen molar-refractivity contribution in [3.8, 4) is 0 Å². The molecule has 3 heteroatoms. The first-order valence-corrected chi connectivity index (χ1v) is 7.22. The molecule has 0 radical (unpaired) electrons. The van der Waals surface area contributed by atoms with Gasteiger partial charge in [-0.2, -0.15) is 0 Å². The molecule has 20 heavy (non-hydrogen) atoms. The highest BCUT2D eigenvalue weighted by Crippen LogP contribution is 2.25. The quantitative estimate of drug-likeness (QED) is 0.843. The lowest BCUT2D eigenvalue weighted by Crippen LogP contribution is -2.24. The number of benzene rings is 2. The summed E-state index contributed by atoms with van der Waals surface area (Å²) in [5.41, 5.74) is 2.65. The van der Waals surface area contributed by atoms with E-state index in [1.807, 2.05) is 50.2 Å². The molecule has 1 nitrogen and oxygen atoms in total. The minimum atomic E-state index is -0.164. The largest absolute Gasteiger partial charge is 0.310 e. The van der Waals surface area contributed by atoms with Crippen molar-refractivity contribution in [1.29, 1.82) is 0 Å². The lowest BCUT2D eigenvalue weighted by atomic mass is 9.97. The summed E-state index contributed by atoms with van der Waals surface area (Å²) in [6, 6.07) is 13.0. The molecule has 2 aromatic rings. The zero-order valence-corrected chi connectivity index (χ0v) is 12.5. The molecule has 0 aliphatic rings. The van der Waals surface area contributed by atoms with Crippen molar-refractivity contribution in [2.45, 2.75) is 26.3 Å². The zero-order chi connectivity index (χ0) is 14.5. The van der Waals surface area contributed by atoms with Crippen molar-refractivity contribution in [1.82, 2.24) is 5.32 Å². The standard InChI is InChI=1S/C17H19ClFN/c1-3-20-17(11-13-6-4-5-7-15(13)18)14-9-8-12(2)10-16(14)19/h4-10,17,20H,3,11H2,1-2H3. The molecule has 0 aliphatic carbocycles. The smallest absolute Gasteiger partial charge is 0.128 e. The number of hydrogen-bond acceptors (Lipinski definition) is 1. The van der Waals surface area contributed by atoms with Gasteiger partial charge in [-0.25, -0.2) is 4.39 Å². The second-order valence-corrected chi connectivity index (χ2v) is 5.34. The zero-order valence-electron chi connectivity index (χ0n) is 11.8. The van der Waals surface area contributed by atoms with Crippen LogP contribution in [0.1, 0.15) is 29.7 Å². The molecule has 1 atom stereocenters. The van der Waals surface area contributed by atoms with E-state index in [0.717, 1.165) is 22.7 Å². The summed E-state index contributed by atoms with van der Waals surface area (Å²) in [5, 5.41) is 4.06. The average Bonchev–Trinajstić information content (AvgIpc) is 2.41. The van der Waals surface area contributed by atoms with Crippen LogP contribution in [-0.4, -0.2) is 6.54 Å². The SMILES string of the molecule is CCNC(Cc1ccccc1Cl)c1ccc(C)cc1F. The Balaban J connectivity index is 2.29. The van der Waals surface area contributed by atoms with Gasteiger partial charge in [-0.1, -0.05) is 48.9 Å². The minimum Gasteiger partial charge on any atom is -0.310 e. The third kappa shape index (κ3) is 3.59. The number of aryl methyl sites for hydroxylation is 1. The van der Waals surface area contributed by atoms with Gasteiger partial charge in [0.2, 0.25) is 0 Å². The van der Waals surface area contributed by atoms with Gasteiger partial charge >= 0.3 is 0 Å². The molecular weight excluding hydrogens is 273 g/mol. The van der Waals surface area contributed by atoms with Gasteiger partial charge in [0, 0.05) is 16.6 Å². The minimum absolute atomic E-state index is 0.0690. The first-order valence-electron chi connectivity index (χ1n) is 6.84. The van der Waals surface area contributed by atoms with E-state index < -0.39 is 0 Å². The first-order chi connectivity index (χ1) is 9.61. The van der Waals surface area contributed by atoms with Gasteiger partial charge in [0.15, 0.2) is 0 Å². The Morgan fingerprint density at radius 1 is 1.20 bits per heavy atom. The lowest BCUT2D eigenvalue weighted by Gasteiger charge is -2.20. The van der Waals surface area contributed by atoms with Crippen LogP contribution in [0.3, 0.4) is 0 Å². The average molecular weight is 292 g/mol. The maximum absolute atomic E-state index is 14.2. The lowest BCUT2D eigenvalue weighted by molar-refractivity contribution is 0.509. The second-order valence-electron chi connectivity index (χ2n) is 4.93. The molecule has 0 heterocycles. The van der Waals surface area contributed by atoms with Gasteiger partial charge in [0.1, 0.15) is 5.82 Å². The number of likely N-dealkylation sites (N-methyl/N-ethyl adjacent to an activating group) is 1. The molecule has 0 saturated heterocycles. The molecule has 2 rings (SSSR count). The van der Waals surface area contributed by atoms with Crippen LogP contribution < -0.4 is 5.32 Å². The summed E-state index contributed by atoms with van der Waals surface area (Å²) in [6.45, 7) is 4.69. The van der Waals surface area contributed by atoms with Gasteiger partial charge in [0.05, 0.1) is 0 Å².